The molecular formula is C23H23ClN4O3S. The van der Waals surface area contributed by atoms with Gasteiger partial charge in [0.15, 0.2) is 0 Å². The van der Waals surface area contributed by atoms with Gasteiger partial charge in [-0.25, -0.2) is 4.79 Å². The Kier molecular flexibility index (Phi) is 7.36. The lowest BCUT2D eigenvalue weighted by Gasteiger charge is -2.30. The second-order valence-electron chi connectivity index (χ2n) is 7.42. The molecule has 0 spiro atoms. The Morgan fingerprint density at radius 2 is 1.72 bits per heavy atom. The molecule has 1 atom stereocenters. The molecule has 2 amide bonds. The maximum absolute atomic E-state index is 12.9. The summed E-state index contributed by atoms with van der Waals surface area (Å²) in [7, 11) is 0. The Hall–Kier alpha value is -2.94. The maximum atomic E-state index is 12.9. The van der Waals surface area contributed by atoms with Gasteiger partial charge in [-0.2, -0.15) is 0 Å². The Morgan fingerprint density at radius 1 is 1.03 bits per heavy atom. The number of anilines is 2. The number of hydrogen-bond acceptors (Lipinski definition) is 6. The molecule has 9 heteroatoms. The molecular weight excluding hydrogens is 448 g/mol. The molecule has 0 bridgehead atoms. The monoisotopic (exact) mass is 470 g/mol. The van der Waals surface area contributed by atoms with E-state index in [2.05, 4.69) is 20.9 Å². The van der Waals surface area contributed by atoms with Crippen LogP contribution in [0.5, 0.6) is 0 Å². The van der Waals surface area contributed by atoms with Crippen LogP contribution in [-0.2, 0) is 4.74 Å². The zero-order valence-electron chi connectivity index (χ0n) is 17.2. The van der Waals surface area contributed by atoms with Crippen molar-refractivity contribution in [3.05, 3.63) is 75.7 Å². The van der Waals surface area contributed by atoms with E-state index in [1.807, 2.05) is 12.1 Å². The average molecular weight is 471 g/mol. The molecule has 3 N–H and O–H groups in total. The number of nitrogens with zero attached hydrogens (tertiary/aromatic N) is 1. The van der Waals surface area contributed by atoms with E-state index in [0.717, 1.165) is 31.5 Å². The number of benzene rings is 1. The van der Waals surface area contributed by atoms with Crippen molar-refractivity contribution in [2.45, 2.75) is 18.9 Å². The summed E-state index contributed by atoms with van der Waals surface area (Å²) in [6.45, 7) is 1.78. The van der Waals surface area contributed by atoms with Crippen LogP contribution in [0.4, 0.5) is 16.2 Å². The molecule has 1 unspecified atom stereocenters. The predicted octanol–water partition coefficient (Wildman–Crippen LogP) is 5.34. The first-order valence-corrected chi connectivity index (χ1v) is 11.5. The molecule has 1 fully saturated rings. The van der Waals surface area contributed by atoms with E-state index >= 15 is 0 Å². The summed E-state index contributed by atoms with van der Waals surface area (Å²) in [4.78, 5) is 29.9. The molecule has 4 rings (SSSR count). The number of nitrogens with one attached hydrogen (secondary N) is 3. The zero-order valence-corrected chi connectivity index (χ0v) is 18.8. The fourth-order valence-corrected chi connectivity index (χ4v) is 4.65. The van der Waals surface area contributed by atoms with Gasteiger partial charge in [-0.15, -0.1) is 11.3 Å². The van der Waals surface area contributed by atoms with Crippen LogP contribution in [0, 0.1) is 5.92 Å². The quantitative estimate of drug-likeness (QED) is 0.452. The van der Waals surface area contributed by atoms with E-state index in [1.54, 1.807) is 48.8 Å². The number of carbonyl (C=O) groups excluding carboxylic acids is 2. The highest BCUT2D eigenvalue weighted by Gasteiger charge is 2.28. The number of piperidine rings is 1. The normalized spacial score (nSPS) is 15.0. The molecule has 3 heterocycles. The van der Waals surface area contributed by atoms with Gasteiger partial charge in [0.05, 0.1) is 20.6 Å². The Balaban J connectivity index is 1.47. The lowest BCUT2D eigenvalue weighted by molar-refractivity contribution is 0.0591. The molecule has 7 nitrogen and oxygen atoms in total. The fourth-order valence-electron chi connectivity index (χ4n) is 3.71. The lowest BCUT2D eigenvalue weighted by atomic mass is 9.88. The van der Waals surface area contributed by atoms with Crippen molar-refractivity contribution in [2.24, 2.45) is 5.92 Å². The van der Waals surface area contributed by atoms with Crippen molar-refractivity contribution >= 4 is 46.3 Å². The van der Waals surface area contributed by atoms with Crippen molar-refractivity contribution in [2.75, 3.05) is 23.7 Å². The first kappa shape index (κ1) is 22.3. The van der Waals surface area contributed by atoms with Crippen LogP contribution < -0.4 is 16.0 Å². The zero-order chi connectivity index (χ0) is 22.3. The number of thiophene rings is 1. The average Bonchev–Trinajstić information content (AvgIpc) is 3.26. The largest absolute Gasteiger partial charge is 0.441 e. The number of ether oxygens (including phenoxy) is 1. The van der Waals surface area contributed by atoms with Crippen molar-refractivity contribution in [3.63, 3.8) is 0 Å². The Morgan fingerprint density at radius 3 is 2.38 bits per heavy atom. The SMILES string of the molecule is O=C(Nc1ccccc1NC(=O)c1ccc(Cl)s1)OC(c1ccncc1)C1CCNCC1. The summed E-state index contributed by atoms with van der Waals surface area (Å²) in [5.74, 6) is -0.0863. The highest BCUT2D eigenvalue weighted by molar-refractivity contribution is 7.18. The van der Waals surface area contributed by atoms with E-state index in [1.165, 1.54) is 11.3 Å². The van der Waals surface area contributed by atoms with Gasteiger partial charge in [-0.1, -0.05) is 23.7 Å². The van der Waals surface area contributed by atoms with E-state index in [9.17, 15) is 9.59 Å². The lowest BCUT2D eigenvalue weighted by Crippen LogP contribution is -2.33. The van der Waals surface area contributed by atoms with Crippen molar-refractivity contribution in [1.29, 1.82) is 0 Å². The van der Waals surface area contributed by atoms with Gasteiger partial charge in [-0.3, -0.25) is 15.1 Å². The topological polar surface area (TPSA) is 92.4 Å². The third-order valence-electron chi connectivity index (χ3n) is 5.29. The molecule has 0 saturated carbocycles. The summed E-state index contributed by atoms with van der Waals surface area (Å²) in [6.07, 6.45) is 4.27. The second kappa shape index (κ2) is 10.6. The van der Waals surface area contributed by atoms with Crippen molar-refractivity contribution < 1.29 is 14.3 Å². The number of carbonyl (C=O) groups is 2. The van der Waals surface area contributed by atoms with Crippen LogP contribution in [-0.4, -0.2) is 30.1 Å². The number of amides is 2. The van der Waals surface area contributed by atoms with Gasteiger partial charge in [0.2, 0.25) is 0 Å². The van der Waals surface area contributed by atoms with Crippen LogP contribution in [0.25, 0.3) is 0 Å². The Labute approximate surface area is 195 Å². The van der Waals surface area contributed by atoms with Crippen LogP contribution >= 0.6 is 22.9 Å². The van der Waals surface area contributed by atoms with Gasteiger partial charge in [-0.05, 0) is 67.9 Å². The molecule has 1 saturated heterocycles. The minimum absolute atomic E-state index is 0.211. The highest BCUT2D eigenvalue weighted by atomic mass is 35.5. The molecule has 32 heavy (non-hydrogen) atoms. The third kappa shape index (κ3) is 5.64. The predicted molar refractivity (Wildman–Crippen MR) is 126 cm³/mol. The van der Waals surface area contributed by atoms with Crippen LogP contribution in [0.1, 0.15) is 34.2 Å². The Bertz CT molecular complexity index is 1070. The summed E-state index contributed by atoms with van der Waals surface area (Å²) in [6, 6.07) is 14.1. The first-order valence-electron chi connectivity index (χ1n) is 10.3. The van der Waals surface area contributed by atoms with E-state index < -0.39 is 6.09 Å². The number of aromatic nitrogens is 1. The molecule has 1 aliphatic rings. The summed E-state index contributed by atoms with van der Waals surface area (Å²) in [5.41, 5.74) is 1.84. The minimum Gasteiger partial charge on any atom is -0.441 e. The number of halogens is 1. The number of para-hydroxylation sites is 2. The number of pyridine rings is 1. The van der Waals surface area contributed by atoms with Gasteiger partial charge in [0.1, 0.15) is 6.10 Å². The summed E-state index contributed by atoms with van der Waals surface area (Å²) >= 11 is 7.12. The summed E-state index contributed by atoms with van der Waals surface area (Å²) < 4.78 is 6.43. The van der Waals surface area contributed by atoms with Crippen LogP contribution in [0.2, 0.25) is 4.34 Å². The van der Waals surface area contributed by atoms with Crippen LogP contribution in [0.15, 0.2) is 60.9 Å². The van der Waals surface area contributed by atoms with Gasteiger partial charge < -0.3 is 15.4 Å². The summed E-state index contributed by atoms with van der Waals surface area (Å²) in [5, 5.41) is 8.94. The third-order valence-corrected chi connectivity index (χ3v) is 6.52. The molecule has 0 aliphatic carbocycles. The second-order valence-corrected chi connectivity index (χ2v) is 9.14. The number of rotatable bonds is 6. The van der Waals surface area contributed by atoms with E-state index in [0.29, 0.717) is 20.6 Å². The molecule has 166 valence electrons. The highest BCUT2D eigenvalue weighted by Crippen LogP contribution is 2.33. The standard InChI is InChI=1S/C23H23ClN4O3S/c24-20-6-5-19(32-20)22(29)27-17-3-1-2-4-18(17)28-23(30)31-21(15-7-11-25-12-8-15)16-9-13-26-14-10-16/h1-8,11-12,16,21,26H,9-10,13-14H2,(H,27,29)(H,28,30). The van der Waals surface area contributed by atoms with E-state index in [-0.39, 0.29) is 17.9 Å². The first-order chi connectivity index (χ1) is 15.6. The molecule has 1 aliphatic heterocycles. The molecule has 2 aromatic heterocycles. The smallest absolute Gasteiger partial charge is 0.412 e. The fraction of sp³-hybridized carbons (Fsp3) is 0.261. The maximum Gasteiger partial charge on any atom is 0.412 e. The van der Waals surface area contributed by atoms with E-state index in [4.69, 9.17) is 16.3 Å². The van der Waals surface area contributed by atoms with Gasteiger partial charge >= 0.3 is 6.09 Å². The van der Waals surface area contributed by atoms with Crippen molar-refractivity contribution in [3.8, 4) is 0 Å². The van der Waals surface area contributed by atoms with Gasteiger partial charge in [0, 0.05) is 18.3 Å². The molecule has 3 aromatic rings. The van der Waals surface area contributed by atoms with Crippen LogP contribution in [0.3, 0.4) is 0 Å². The van der Waals surface area contributed by atoms with Gasteiger partial charge in [0.25, 0.3) is 5.91 Å². The molecule has 0 radical (unpaired) electrons. The van der Waals surface area contributed by atoms with Crippen molar-refractivity contribution in [1.82, 2.24) is 10.3 Å². The molecule has 1 aromatic carbocycles. The minimum atomic E-state index is -0.578. The number of hydrogen-bond donors (Lipinski definition) is 3.